The third kappa shape index (κ3) is 4.05. The summed E-state index contributed by atoms with van der Waals surface area (Å²) < 4.78 is 5.14. The lowest BCUT2D eigenvalue weighted by molar-refractivity contribution is -0.111. The van der Waals surface area contributed by atoms with Crippen molar-refractivity contribution in [2.75, 3.05) is 31.8 Å². The van der Waals surface area contributed by atoms with E-state index >= 15 is 0 Å². The Morgan fingerprint density at radius 1 is 1.58 bits per heavy atom. The number of rotatable bonds is 4. The topological polar surface area (TPSA) is 76.4 Å². The highest BCUT2D eigenvalue weighted by Crippen LogP contribution is 2.28. The second-order valence-electron chi connectivity index (χ2n) is 3.67. The van der Waals surface area contributed by atoms with E-state index in [1.165, 1.54) is 13.2 Å². The first-order chi connectivity index (χ1) is 9.12. The number of carbonyl (C=O) groups excluding carboxylic acids is 1. The number of ether oxygens (including phenoxy) is 1. The van der Waals surface area contributed by atoms with Crippen LogP contribution in [0.5, 0.6) is 5.75 Å². The van der Waals surface area contributed by atoms with Gasteiger partial charge in [0.15, 0.2) is 0 Å². The lowest BCUT2D eigenvalue weighted by Crippen LogP contribution is -2.10. The molecule has 5 heteroatoms. The van der Waals surface area contributed by atoms with E-state index in [0.717, 1.165) is 0 Å². The molecule has 0 unspecified atom stereocenters. The molecule has 100 valence electrons. The summed E-state index contributed by atoms with van der Waals surface area (Å²) in [6.45, 7) is 3.95. The second kappa shape index (κ2) is 7.09. The van der Waals surface area contributed by atoms with E-state index in [4.69, 9.17) is 10.5 Å². The van der Waals surface area contributed by atoms with Gasteiger partial charge in [-0.05, 0) is 19.2 Å². The van der Waals surface area contributed by atoms with E-state index in [9.17, 15) is 4.79 Å². The first-order valence-corrected chi connectivity index (χ1v) is 5.66. The average molecular weight is 259 g/mol. The highest BCUT2D eigenvalue weighted by molar-refractivity contribution is 6.00. The fourth-order valence-electron chi connectivity index (χ4n) is 1.39. The van der Waals surface area contributed by atoms with Crippen LogP contribution < -0.4 is 21.1 Å². The van der Waals surface area contributed by atoms with E-state index in [0.29, 0.717) is 29.2 Å². The summed E-state index contributed by atoms with van der Waals surface area (Å²) in [5, 5.41) is 5.58. The van der Waals surface area contributed by atoms with Crippen LogP contribution in [0.25, 0.3) is 0 Å². The quantitative estimate of drug-likeness (QED) is 0.428. The summed E-state index contributed by atoms with van der Waals surface area (Å²) in [6, 6.07) is 3.31. The minimum absolute atomic E-state index is 0.318. The smallest absolute Gasteiger partial charge is 0.247 e. The number of carbonyl (C=O) groups is 1. The molecule has 1 aromatic rings. The molecule has 0 saturated carbocycles. The normalized spacial score (nSPS) is 9.16. The van der Waals surface area contributed by atoms with Gasteiger partial charge in [-0.3, -0.25) is 4.79 Å². The van der Waals surface area contributed by atoms with Gasteiger partial charge in [-0.25, -0.2) is 0 Å². The summed E-state index contributed by atoms with van der Waals surface area (Å²) in [5.74, 6) is 6.07. The molecule has 1 aromatic carbocycles. The van der Waals surface area contributed by atoms with Crippen LogP contribution in [0.3, 0.4) is 0 Å². The zero-order valence-electron chi connectivity index (χ0n) is 11.0. The van der Waals surface area contributed by atoms with E-state index in [2.05, 4.69) is 29.1 Å². The van der Waals surface area contributed by atoms with Gasteiger partial charge < -0.3 is 21.1 Å². The molecule has 0 radical (unpaired) electrons. The van der Waals surface area contributed by atoms with Crippen LogP contribution in [0.2, 0.25) is 0 Å². The summed E-state index contributed by atoms with van der Waals surface area (Å²) in [4.78, 5) is 11.4. The number of methoxy groups -OCH3 is 1. The van der Waals surface area contributed by atoms with E-state index in [1.807, 2.05) is 0 Å². The Morgan fingerprint density at radius 3 is 2.89 bits per heavy atom. The van der Waals surface area contributed by atoms with Crippen LogP contribution in [-0.4, -0.2) is 26.6 Å². The van der Waals surface area contributed by atoms with Gasteiger partial charge in [-0.2, -0.15) is 0 Å². The molecule has 0 aliphatic rings. The second-order valence-corrected chi connectivity index (χ2v) is 3.67. The fourth-order valence-corrected chi connectivity index (χ4v) is 1.39. The van der Waals surface area contributed by atoms with Gasteiger partial charge in [0.25, 0.3) is 0 Å². The molecule has 0 atom stereocenters. The zero-order valence-corrected chi connectivity index (χ0v) is 11.0. The number of anilines is 2. The zero-order chi connectivity index (χ0) is 14.3. The van der Waals surface area contributed by atoms with Crippen molar-refractivity contribution in [3.05, 3.63) is 30.4 Å². The monoisotopic (exact) mass is 259 g/mol. The minimum Gasteiger partial charge on any atom is -0.495 e. The molecule has 0 aromatic heterocycles. The number of nitrogens with two attached hydrogens (primary N) is 1. The van der Waals surface area contributed by atoms with Crippen LogP contribution in [0, 0.1) is 11.8 Å². The molecule has 0 bridgehead atoms. The van der Waals surface area contributed by atoms with Gasteiger partial charge >= 0.3 is 0 Å². The van der Waals surface area contributed by atoms with Crippen molar-refractivity contribution in [3.8, 4) is 17.6 Å². The predicted octanol–water partition coefficient (Wildman–Crippen LogP) is 0.973. The van der Waals surface area contributed by atoms with Crippen LogP contribution in [0.1, 0.15) is 5.56 Å². The van der Waals surface area contributed by atoms with Crippen LogP contribution >= 0.6 is 0 Å². The maximum absolute atomic E-state index is 11.4. The van der Waals surface area contributed by atoms with Crippen LogP contribution in [-0.2, 0) is 4.79 Å². The largest absolute Gasteiger partial charge is 0.495 e. The lowest BCUT2D eigenvalue weighted by Gasteiger charge is -2.10. The number of benzene rings is 1. The molecule has 1 rings (SSSR count). The van der Waals surface area contributed by atoms with E-state index in [1.54, 1.807) is 19.2 Å². The average Bonchev–Trinajstić information content (AvgIpc) is 2.41. The Labute approximate surface area is 112 Å². The first-order valence-electron chi connectivity index (χ1n) is 5.66. The van der Waals surface area contributed by atoms with Crippen molar-refractivity contribution >= 4 is 17.3 Å². The third-order valence-electron chi connectivity index (χ3n) is 2.30. The third-order valence-corrected chi connectivity index (χ3v) is 2.30. The summed E-state index contributed by atoms with van der Waals surface area (Å²) in [5.41, 5.74) is 7.41. The Morgan fingerprint density at radius 2 is 2.32 bits per heavy atom. The number of hydrogen-bond donors (Lipinski definition) is 3. The molecule has 0 aliphatic heterocycles. The molecule has 5 nitrogen and oxygen atoms in total. The molecule has 1 amide bonds. The maximum atomic E-state index is 11.4. The molecule has 0 aliphatic carbocycles. The van der Waals surface area contributed by atoms with Crippen LogP contribution in [0.4, 0.5) is 11.4 Å². The number of amides is 1. The summed E-state index contributed by atoms with van der Waals surface area (Å²) in [6.07, 6.45) is 1.19. The molecule has 4 N–H and O–H groups in total. The molecule has 0 saturated heterocycles. The Hall–Kier alpha value is -2.45. The van der Waals surface area contributed by atoms with Crippen molar-refractivity contribution in [1.29, 1.82) is 0 Å². The maximum Gasteiger partial charge on any atom is 0.247 e. The van der Waals surface area contributed by atoms with Crippen molar-refractivity contribution in [2.24, 2.45) is 0 Å². The summed E-state index contributed by atoms with van der Waals surface area (Å²) >= 11 is 0. The van der Waals surface area contributed by atoms with Gasteiger partial charge in [-0.1, -0.05) is 18.4 Å². The fraction of sp³-hybridized carbons (Fsp3) is 0.214. The van der Waals surface area contributed by atoms with Gasteiger partial charge in [0.2, 0.25) is 5.91 Å². The Bertz CT molecular complexity index is 542. The number of hydrogen-bond acceptors (Lipinski definition) is 4. The van der Waals surface area contributed by atoms with Gasteiger partial charge in [0.1, 0.15) is 5.75 Å². The van der Waals surface area contributed by atoms with Crippen LogP contribution in [0.15, 0.2) is 24.8 Å². The van der Waals surface area contributed by atoms with Crippen molar-refractivity contribution in [3.63, 3.8) is 0 Å². The predicted molar refractivity (Wildman–Crippen MR) is 77.0 cm³/mol. The molecule has 0 heterocycles. The molecule has 19 heavy (non-hydrogen) atoms. The van der Waals surface area contributed by atoms with Gasteiger partial charge in [0, 0.05) is 6.07 Å². The minimum atomic E-state index is -0.318. The van der Waals surface area contributed by atoms with Crippen molar-refractivity contribution in [2.45, 2.75) is 0 Å². The Kier molecular flexibility index (Phi) is 5.45. The molecule has 0 fully saturated rings. The number of nitrogens with one attached hydrogen (secondary N) is 2. The lowest BCUT2D eigenvalue weighted by atomic mass is 10.1. The van der Waals surface area contributed by atoms with Crippen molar-refractivity contribution < 1.29 is 9.53 Å². The summed E-state index contributed by atoms with van der Waals surface area (Å²) in [7, 11) is 3.33. The van der Waals surface area contributed by atoms with Gasteiger partial charge in [0.05, 0.1) is 30.6 Å². The SMILES string of the molecule is C=CC(=O)Nc1cc(N)c(OC)cc1C#CCNC. The first kappa shape index (κ1) is 14.6. The van der Waals surface area contributed by atoms with E-state index < -0.39 is 0 Å². The highest BCUT2D eigenvalue weighted by Gasteiger charge is 2.08. The standard InChI is InChI=1S/C14H17N3O2/c1-4-14(18)17-12-9-11(15)13(19-3)8-10(12)6-5-7-16-2/h4,8-9,16H,1,7,15H2,2-3H3,(H,17,18). The van der Waals surface area contributed by atoms with Gasteiger partial charge in [-0.15, -0.1) is 0 Å². The van der Waals surface area contributed by atoms with Crippen molar-refractivity contribution in [1.82, 2.24) is 5.32 Å². The Balaban J connectivity index is 3.19. The molecule has 0 spiro atoms. The number of nitrogen functional groups attached to an aromatic ring is 1. The molecular formula is C14H17N3O2. The highest BCUT2D eigenvalue weighted by atomic mass is 16.5. The van der Waals surface area contributed by atoms with E-state index in [-0.39, 0.29) is 5.91 Å². The molecular weight excluding hydrogens is 242 g/mol.